The number of rotatable bonds is 6. The van der Waals surface area contributed by atoms with Gasteiger partial charge in [-0.05, 0) is 5.56 Å². The molecular weight excluding hydrogens is 330 g/mol. The molecule has 0 unspecified atom stereocenters. The van der Waals surface area contributed by atoms with Crippen molar-refractivity contribution in [3.8, 4) is 0 Å². The van der Waals surface area contributed by atoms with E-state index in [2.05, 4.69) is 5.32 Å². The molecule has 0 spiro atoms. The lowest BCUT2D eigenvalue weighted by atomic mass is 9.86. The number of aliphatic hydroxyl groups excluding tert-OH is 4. The highest BCUT2D eigenvalue weighted by Gasteiger charge is 2.49. The minimum Gasteiger partial charge on any atom is -0.394 e. The molecule has 6 N–H and O–H groups in total. The molecule has 1 amide bonds. The second kappa shape index (κ2) is 8.22. The van der Waals surface area contributed by atoms with Gasteiger partial charge in [0, 0.05) is 19.8 Å². The normalized spacial score (nSPS) is 32.0. The van der Waals surface area contributed by atoms with Crippen molar-refractivity contribution in [2.75, 3.05) is 6.61 Å². The molecule has 8 nitrogen and oxygen atoms in total. The second-order valence-corrected chi connectivity index (χ2v) is 6.43. The summed E-state index contributed by atoms with van der Waals surface area (Å²) in [6, 6.07) is 7.93. The Morgan fingerprint density at radius 1 is 1.36 bits per heavy atom. The van der Waals surface area contributed by atoms with Crippen molar-refractivity contribution in [2.45, 2.75) is 56.0 Å². The average molecular weight is 355 g/mol. The predicted molar refractivity (Wildman–Crippen MR) is 87.3 cm³/mol. The van der Waals surface area contributed by atoms with Crippen LogP contribution in [0.15, 0.2) is 30.3 Å². The van der Waals surface area contributed by atoms with Crippen LogP contribution in [0.1, 0.15) is 18.9 Å². The zero-order valence-electron chi connectivity index (χ0n) is 13.9. The van der Waals surface area contributed by atoms with Gasteiger partial charge in [0.1, 0.15) is 18.3 Å². The van der Waals surface area contributed by atoms with Crippen molar-refractivity contribution in [2.24, 2.45) is 0 Å². The molecule has 1 heterocycles. The molecule has 1 aliphatic rings. The first-order valence-corrected chi connectivity index (χ1v) is 8.12. The van der Waals surface area contributed by atoms with Gasteiger partial charge < -0.3 is 35.6 Å². The van der Waals surface area contributed by atoms with E-state index in [-0.39, 0.29) is 12.8 Å². The van der Waals surface area contributed by atoms with Crippen LogP contribution in [0.2, 0.25) is 0 Å². The Morgan fingerprint density at radius 3 is 2.56 bits per heavy atom. The molecule has 25 heavy (non-hydrogen) atoms. The summed E-state index contributed by atoms with van der Waals surface area (Å²) in [5.41, 5.74) is 0.756. The van der Waals surface area contributed by atoms with Crippen LogP contribution in [0.25, 0.3) is 0 Å². The largest absolute Gasteiger partial charge is 0.394 e. The van der Waals surface area contributed by atoms with Gasteiger partial charge in [-0.25, -0.2) is 0 Å². The number of amides is 1. The number of carbonyl (C=O) groups excluding carboxylic acids is 1. The standard InChI is InChI=1S/C17H25NO7/c1-10(20)18-14-12(21)8-17(24,7-11-5-3-2-4-6-11)25-16(14)15(23)13(22)9-19/h2-6,12-16,19,21-24H,7-9H2,1H3,(H,18,20)/t12-,13+,14+,15+,16+,17+/m0/s1. The van der Waals surface area contributed by atoms with Crippen molar-refractivity contribution in [3.63, 3.8) is 0 Å². The molecule has 1 aromatic rings. The quantitative estimate of drug-likeness (QED) is 0.357. The van der Waals surface area contributed by atoms with E-state index in [1.807, 2.05) is 6.07 Å². The van der Waals surface area contributed by atoms with Gasteiger partial charge in [0.15, 0.2) is 5.79 Å². The maximum atomic E-state index is 11.4. The first-order chi connectivity index (χ1) is 11.8. The highest BCUT2D eigenvalue weighted by atomic mass is 16.6. The fraction of sp³-hybridized carbons (Fsp3) is 0.588. The molecule has 140 valence electrons. The lowest BCUT2D eigenvalue weighted by molar-refractivity contribution is -0.300. The number of carbonyl (C=O) groups is 1. The number of ether oxygens (including phenoxy) is 1. The van der Waals surface area contributed by atoms with Crippen molar-refractivity contribution >= 4 is 5.91 Å². The van der Waals surface area contributed by atoms with Crippen LogP contribution in [-0.4, -0.2) is 74.3 Å². The van der Waals surface area contributed by atoms with Crippen LogP contribution >= 0.6 is 0 Å². The Morgan fingerprint density at radius 2 is 2.00 bits per heavy atom. The van der Waals surface area contributed by atoms with Crippen LogP contribution in [0.3, 0.4) is 0 Å². The Hall–Kier alpha value is -1.55. The molecule has 1 aliphatic heterocycles. The second-order valence-electron chi connectivity index (χ2n) is 6.43. The van der Waals surface area contributed by atoms with Gasteiger partial charge in [-0.3, -0.25) is 4.79 Å². The number of aliphatic hydroxyl groups is 5. The van der Waals surface area contributed by atoms with Crippen LogP contribution in [0, 0.1) is 0 Å². The fourth-order valence-electron chi connectivity index (χ4n) is 3.10. The lowest BCUT2D eigenvalue weighted by Crippen LogP contribution is -2.66. The topological polar surface area (TPSA) is 139 Å². The first-order valence-electron chi connectivity index (χ1n) is 8.12. The maximum Gasteiger partial charge on any atom is 0.217 e. The summed E-state index contributed by atoms with van der Waals surface area (Å²) >= 11 is 0. The highest BCUT2D eigenvalue weighted by Crippen LogP contribution is 2.32. The number of benzene rings is 1. The predicted octanol–water partition coefficient (Wildman–Crippen LogP) is -1.71. The van der Waals surface area contributed by atoms with Gasteiger partial charge >= 0.3 is 0 Å². The fourth-order valence-corrected chi connectivity index (χ4v) is 3.10. The monoisotopic (exact) mass is 355 g/mol. The first kappa shape index (κ1) is 19.8. The summed E-state index contributed by atoms with van der Waals surface area (Å²) < 4.78 is 5.61. The van der Waals surface area contributed by atoms with Crippen molar-refractivity contribution < 1.29 is 35.1 Å². The maximum absolute atomic E-state index is 11.4. The zero-order chi connectivity index (χ0) is 18.6. The van der Waals surface area contributed by atoms with Crippen LogP contribution < -0.4 is 5.32 Å². The number of hydrogen-bond donors (Lipinski definition) is 6. The third-order valence-corrected chi connectivity index (χ3v) is 4.26. The average Bonchev–Trinajstić information content (AvgIpc) is 2.56. The van der Waals surface area contributed by atoms with Crippen molar-refractivity contribution in [1.29, 1.82) is 0 Å². The SMILES string of the molecule is CC(=O)N[C@H]1[C@H]([C@H](O)[C@H](O)CO)O[C@](O)(Cc2ccccc2)C[C@@H]1O. The number of hydrogen-bond acceptors (Lipinski definition) is 7. The van der Waals surface area contributed by atoms with Gasteiger partial charge in [-0.1, -0.05) is 30.3 Å². The minimum atomic E-state index is -1.80. The number of nitrogens with one attached hydrogen (secondary N) is 1. The lowest BCUT2D eigenvalue weighted by Gasteiger charge is -2.46. The zero-order valence-corrected chi connectivity index (χ0v) is 13.9. The summed E-state index contributed by atoms with van der Waals surface area (Å²) in [6.07, 6.45) is -5.81. The molecule has 2 rings (SSSR count). The highest BCUT2D eigenvalue weighted by molar-refractivity contribution is 5.73. The Kier molecular flexibility index (Phi) is 6.50. The third kappa shape index (κ3) is 4.97. The summed E-state index contributed by atoms with van der Waals surface area (Å²) in [7, 11) is 0. The molecule has 0 aliphatic carbocycles. The van der Waals surface area contributed by atoms with Crippen LogP contribution in [-0.2, 0) is 16.0 Å². The van der Waals surface area contributed by atoms with E-state index in [0.717, 1.165) is 5.56 Å². The molecule has 0 aromatic heterocycles. The smallest absolute Gasteiger partial charge is 0.217 e. The summed E-state index contributed by atoms with van der Waals surface area (Å²) in [6.45, 7) is 0.504. The third-order valence-electron chi connectivity index (χ3n) is 4.26. The van der Waals surface area contributed by atoms with E-state index in [1.165, 1.54) is 6.92 Å². The molecule has 0 radical (unpaired) electrons. The summed E-state index contributed by atoms with van der Waals surface area (Å²) in [5.74, 6) is -2.26. The molecule has 1 aromatic carbocycles. The van der Waals surface area contributed by atoms with E-state index in [9.17, 15) is 25.2 Å². The molecule has 0 bridgehead atoms. The molecule has 1 saturated heterocycles. The molecule has 6 atom stereocenters. The Balaban J connectivity index is 2.24. The van der Waals surface area contributed by atoms with Gasteiger partial charge in [0.25, 0.3) is 0 Å². The van der Waals surface area contributed by atoms with Gasteiger partial charge in [-0.15, -0.1) is 0 Å². The van der Waals surface area contributed by atoms with Gasteiger partial charge in [0.2, 0.25) is 5.91 Å². The molecule has 0 saturated carbocycles. The molecular formula is C17H25NO7. The minimum absolute atomic E-state index is 0.0517. The van der Waals surface area contributed by atoms with E-state index in [1.54, 1.807) is 24.3 Å². The molecule has 8 heteroatoms. The van der Waals surface area contributed by atoms with Gasteiger partial charge in [0.05, 0.1) is 18.8 Å². The van der Waals surface area contributed by atoms with Crippen molar-refractivity contribution in [1.82, 2.24) is 5.32 Å². The van der Waals surface area contributed by atoms with E-state index in [0.29, 0.717) is 0 Å². The summed E-state index contributed by atoms with van der Waals surface area (Å²) in [4.78, 5) is 11.4. The van der Waals surface area contributed by atoms with E-state index in [4.69, 9.17) is 9.84 Å². The Labute approximate surface area is 145 Å². The molecule has 1 fully saturated rings. The van der Waals surface area contributed by atoms with E-state index < -0.39 is 48.8 Å². The Bertz CT molecular complexity index is 569. The van der Waals surface area contributed by atoms with Crippen LogP contribution in [0.5, 0.6) is 0 Å². The van der Waals surface area contributed by atoms with Gasteiger partial charge in [-0.2, -0.15) is 0 Å². The van der Waals surface area contributed by atoms with E-state index >= 15 is 0 Å². The van der Waals surface area contributed by atoms with Crippen molar-refractivity contribution in [3.05, 3.63) is 35.9 Å². The van der Waals surface area contributed by atoms with Crippen LogP contribution in [0.4, 0.5) is 0 Å². The summed E-state index contributed by atoms with van der Waals surface area (Å²) in [5, 5.41) is 52.6.